The molecular formula is C23H27FN3O8PS. The van der Waals surface area contributed by atoms with Gasteiger partial charge in [-0.2, -0.15) is 0 Å². The second kappa shape index (κ2) is 12.1. The lowest BCUT2D eigenvalue weighted by Crippen LogP contribution is -2.37. The smallest absolute Gasteiger partial charge is 0.330 e. The van der Waals surface area contributed by atoms with Crippen molar-refractivity contribution in [2.75, 3.05) is 6.61 Å². The minimum absolute atomic E-state index is 0.175. The number of hydrogen-bond acceptors (Lipinski definition) is 9. The van der Waals surface area contributed by atoms with Crippen molar-refractivity contribution in [1.82, 2.24) is 14.6 Å². The molecule has 14 heteroatoms. The Morgan fingerprint density at radius 2 is 2.00 bits per heavy atom. The zero-order valence-electron chi connectivity index (χ0n) is 20.2. The minimum Gasteiger partial charge on any atom is -0.462 e. The highest BCUT2D eigenvalue weighted by Crippen LogP contribution is 2.46. The van der Waals surface area contributed by atoms with Crippen molar-refractivity contribution < 1.29 is 32.8 Å². The highest BCUT2D eigenvalue weighted by atomic mass is 32.5. The molecular weight excluding hydrogens is 528 g/mol. The van der Waals surface area contributed by atoms with E-state index in [1.165, 1.54) is 37.4 Å². The number of terminal acetylenes is 1. The third-order valence-corrected chi connectivity index (χ3v) is 7.69. The van der Waals surface area contributed by atoms with Crippen LogP contribution in [0.2, 0.25) is 0 Å². The molecule has 0 radical (unpaired) electrons. The number of benzene rings is 1. The first-order valence-corrected chi connectivity index (χ1v) is 13.9. The summed E-state index contributed by atoms with van der Waals surface area (Å²) in [6.07, 6.45) is 2.99. The van der Waals surface area contributed by atoms with E-state index in [1.54, 1.807) is 13.8 Å². The van der Waals surface area contributed by atoms with Crippen molar-refractivity contribution in [3.05, 3.63) is 63.2 Å². The number of nitrogens with zero attached hydrogens (tertiary/aromatic N) is 1. The molecule has 6 unspecified atom stereocenters. The van der Waals surface area contributed by atoms with Crippen LogP contribution in [0.4, 0.5) is 4.39 Å². The summed E-state index contributed by atoms with van der Waals surface area (Å²) in [5.74, 6) is 0.526. The number of carbonyl (C=O) groups excluding carboxylic acids is 1. The second-order valence-corrected chi connectivity index (χ2v) is 11.6. The molecule has 0 spiro atoms. The van der Waals surface area contributed by atoms with Gasteiger partial charge in [-0.05, 0) is 56.8 Å². The van der Waals surface area contributed by atoms with Gasteiger partial charge in [0.1, 0.15) is 29.8 Å². The molecule has 1 fully saturated rings. The van der Waals surface area contributed by atoms with Crippen molar-refractivity contribution in [1.29, 1.82) is 0 Å². The van der Waals surface area contributed by atoms with Crippen LogP contribution in [0, 0.1) is 24.1 Å². The van der Waals surface area contributed by atoms with Crippen LogP contribution >= 0.6 is 6.64 Å². The number of hydrogen-bond donors (Lipinski definition) is 3. The number of carbonyl (C=O) groups is 1. The number of aromatic nitrogens is 2. The van der Waals surface area contributed by atoms with Crippen molar-refractivity contribution in [2.45, 2.75) is 51.4 Å². The lowest BCUT2D eigenvalue weighted by Gasteiger charge is -2.28. The quantitative estimate of drug-likeness (QED) is 0.224. The first-order chi connectivity index (χ1) is 17.4. The molecule has 0 bridgehead atoms. The van der Waals surface area contributed by atoms with Crippen LogP contribution in [0.3, 0.4) is 0 Å². The average molecular weight is 556 g/mol. The highest BCUT2D eigenvalue weighted by Gasteiger charge is 2.45. The molecule has 1 aliphatic rings. The number of aromatic amines is 1. The summed E-state index contributed by atoms with van der Waals surface area (Å²) in [4.78, 5) is 38.1. The number of aliphatic hydroxyl groups excluding tert-OH is 1. The predicted octanol–water partition coefficient (Wildman–Crippen LogP) is 1.43. The predicted molar refractivity (Wildman–Crippen MR) is 135 cm³/mol. The van der Waals surface area contributed by atoms with Crippen LogP contribution in [-0.2, 0) is 30.6 Å². The highest BCUT2D eigenvalue weighted by molar-refractivity contribution is 8.09. The van der Waals surface area contributed by atoms with Gasteiger partial charge in [-0.25, -0.2) is 14.3 Å². The van der Waals surface area contributed by atoms with Crippen LogP contribution < -0.4 is 20.9 Å². The normalized spacial score (nSPS) is 23.7. The average Bonchev–Trinajstić information content (AvgIpc) is 3.13. The van der Waals surface area contributed by atoms with E-state index in [2.05, 4.69) is 16.0 Å². The molecule has 2 aromatic rings. The second-order valence-electron chi connectivity index (χ2n) is 8.44. The number of nitrogens with one attached hydrogen (secondary N) is 2. The van der Waals surface area contributed by atoms with Crippen molar-refractivity contribution in [2.24, 2.45) is 5.92 Å². The number of halogens is 1. The van der Waals surface area contributed by atoms with Crippen LogP contribution in [0.5, 0.6) is 5.75 Å². The Bertz CT molecular complexity index is 1310. The molecule has 2 heterocycles. The molecule has 1 aliphatic heterocycles. The van der Waals surface area contributed by atoms with Gasteiger partial charge >= 0.3 is 18.3 Å². The van der Waals surface area contributed by atoms with Gasteiger partial charge in [0, 0.05) is 12.3 Å². The van der Waals surface area contributed by atoms with Gasteiger partial charge in [0.2, 0.25) is 0 Å². The summed E-state index contributed by atoms with van der Waals surface area (Å²) in [5, 5.41) is 13.6. The monoisotopic (exact) mass is 555 g/mol. The fraction of sp³-hybridized carbons (Fsp3) is 0.435. The van der Waals surface area contributed by atoms with Gasteiger partial charge < -0.3 is 23.6 Å². The molecule has 200 valence electrons. The van der Waals surface area contributed by atoms with E-state index >= 15 is 0 Å². The van der Waals surface area contributed by atoms with Gasteiger partial charge in [-0.3, -0.25) is 19.1 Å². The van der Waals surface area contributed by atoms with Crippen LogP contribution in [0.15, 0.2) is 46.1 Å². The van der Waals surface area contributed by atoms with Gasteiger partial charge in [-0.15, -0.1) is 6.42 Å². The third kappa shape index (κ3) is 7.35. The zero-order chi connectivity index (χ0) is 27.3. The van der Waals surface area contributed by atoms with E-state index < -0.39 is 60.1 Å². The van der Waals surface area contributed by atoms with Gasteiger partial charge in [0.05, 0.1) is 18.6 Å². The van der Waals surface area contributed by atoms with Crippen molar-refractivity contribution in [3.63, 3.8) is 0 Å². The molecule has 1 aromatic carbocycles. The Labute approximate surface area is 217 Å². The Morgan fingerprint density at radius 1 is 1.32 bits per heavy atom. The first-order valence-electron chi connectivity index (χ1n) is 11.2. The van der Waals surface area contributed by atoms with Gasteiger partial charge in [0.15, 0.2) is 6.23 Å². The molecule has 3 rings (SSSR count). The third-order valence-electron chi connectivity index (χ3n) is 5.19. The van der Waals surface area contributed by atoms with E-state index in [9.17, 15) is 23.9 Å². The SMILES string of the molecule is C#CC1C(O)C(COP(=S)(NC(C)C(=O)OC(C)C)Oc2ccc(F)cc2)OC1n1ccc(=O)[nH]c1=O. The molecule has 0 saturated carbocycles. The van der Waals surface area contributed by atoms with Crippen molar-refractivity contribution in [3.8, 4) is 18.1 Å². The zero-order valence-corrected chi connectivity index (χ0v) is 21.9. The lowest BCUT2D eigenvalue weighted by atomic mass is 10.0. The van der Waals surface area contributed by atoms with Crippen LogP contribution in [0.1, 0.15) is 27.0 Å². The fourth-order valence-corrected chi connectivity index (χ4v) is 5.87. The molecule has 0 aliphatic carbocycles. The maximum atomic E-state index is 13.4. The number of H-pyrrole nitrogens is 1. The number of rotatable bonds is 10. The summed E-state index contributed by atoms with van der Waals surface area (Å²) in [7, 11) is 0. The topological polar surface area (TPSA) is 141 Å². The molecule has 11 nitrogen and oxygen atoms in total. The van der Waals surface area contributed by atoms with E-state index in [-0.39, 0.29) is 18.5 Å². The van der Waals surface area contributed by atoms with E-state index in [1.807, 2.05) is 0 Å². The van der Waals surface area contributed by atoms with Crippen molar-refractivity contribution >= 4 is 24.4 Å². The molecule has 1 aromatic heterocycles. The van der Waals surface area contributed by atoms with Crippen LogP contribution in [0.25, 0.3) is 0 Å². The maximum Gasteiger partial charge on any atom is 0.330 e. The summed E-state index contributed by atoms with van der Waals surface area (Å²) >= 11 is 5.60. The summed E-state index contributed by atoms with van der Waals surface area (Å²) in [6.45, 7) is 1.03. The van der Waals surface area contributed by atoms with E-state index in [0.717, 1.165) is 10.6 Å². The van der Waals surface area contributed by atoms with E-state index in [4.69, 9.17) is 36.8 Å². The van der Waals surface area contributed by atoms with Gasteiger partial charge in [-0.1, -0.05) is 5.92 Å². The molecule has 3 N–H and O–H groups in total. The van der Waals surface area contributed by atoms with Gasteiger partial charge in [0.25, 0.3) is 5.56 Å². The Kier molecular flexibility index (Phi) is 9.41. The number of esters is 1. The van der Waals surface area contributed by atoms with E-state index in [0.29, 0.717) is 0 Å². The maximum absolute atomic E-state index is 13.4. The molecule has 37 heavy (non-hydrogen) atoms. The Hall–Kier alpha value is -2.85. The summed E-state index contributed by atoms with van der Waals surface area (Å²) in [5.41, 5.74) is -1.37. The summed E-state index contributed by atoms with van der Waals surface area (Å²) < 4.78 is 37.1. The molecule has 6 atom stereocenters. The Balaban J connectivity index is 1.80. The number of aliphatic hydroxyl groups is 1. The fourth-order valence-electron chi connectivity index (χ4n) is 3.45. The standard InChI is InChI=1S/C23H27FN3O8PS/c1-5-17-20(29)18(34-21(17)27-11-10-19(28)25-23(27)31)12-32-36(37,26-14(4)22(30)33-13(2)3)35-16-8-6-15(24)7-9-16/h1,6-11,13-14,17-18,20-21,29H,12H2,2-4H3,(H,26,37)(H,25,28,31). The summed E-state index contributed by atoms with van der Waals surface area (Å²) in [6, 6.07) is 5.19. The largest absolute Gasteiger partial charge is 0.462 e. The lowest BCUT2D eigenvalue weighted by molar-refractivity contribution is -0.149. The van der Waals surface area contributed by atoms with Crippen LogP contribution in [-0.4, -0.2) is 51.6 Å². The Morgan fingerprint density at radius 3 is 2.59 bits per heavy atom. The first kappa shape index (κ1) is 28.7. The minimum atomic E-state index is -3.52. The molecule has 0 amide bonds. The number of ether oxygens (including phenoxy) is 2. The molecule has 1 saturated heterocycles.